The minimum Gasteiger partial charge on any atom is -0.350 e. The predicted octanol–water partition coefficient (Wildman–Crippen LogP) is 2.67. The quantitative estimate of drug-likeness (QED) is 0.825. The number of para-hydroxylation sites is 1. The fourth-order valence-electron chi connectivity index (χ4n) is 4.86. The van der Waals surface area contributed by atoms with Crippen LogP contribution in [0.25, 0.3) is 10.9 Å². The van der Waals surface area contributed by atoms with Gasteiger partial charge in [0.25, 0.3) is 0 Å². The van der Waals surface area contributed by atoms with Crippen molar-refractivity contribution in [2.75, 3.05) is 32.4 Å². The van der Waals surface area contributed by atoms with Gasteiger partial charge < -0.3 is 4.57 Å². The van der Waals surface area contributed by atoms with Gasteiger partial charge in [0, 0.05) is 50.3 Å². The van der Waals surface area contributed by atoms with E-state index >= 15 is 0 Å². The molecule has 0 saturated carbocycles. The number of nitrogens with zero attached hydrogens (tertiary/aromatic N) is 3. The largest absolute Gasteiger partial charge is 0.350 e. The zero-order valence-corrected chi connectivity index (χ0v) is 16.6. The molecular weight excluding hydrogens is 346 g/mol. The molecule has 0 N–H and O–H groups in total. The Hall–Kier alpha value is -1.37. The van der Waals surface area contributed by atoms with Crippen molar-refractivity contribution in [3.63, 3.8) is 0 Å². The highest BCUT2D eigenvalue weighted by atomic mass is 32.2. The van der Waals surface area contributed by atoms with E-state index in [-0.39, 0.29) is 0 Å². The molecule has 3 heterocycles. The van der Waals surface area contributed by atoms with E-state index in [1.54, 1.807) is 4.31 Å². The van der Waals surface area contributed by atoms with Crippen molar-refractivity contribution >= 4 is 20.9 Å². The summed E-state index contributed by atoms with van der Waals surface area (Å²) in [5.41, 5.74) is 2.71. The van der Waals surface area contributed by atoms with E-state index in [0.717, 1.165) is 32.5 Å². The number of likely N-dealkylation sites (tertiary alicyclic amines) is 1. The van der Waals surface area contributed by atoms with Crippen LogP contribution in [0.4, 0.5) is 0 Å². The lowest BCUT2D eigenvalue weighted by Crippen LogP contribution is -2.39. The Labute approximate surface area is 156 Å². The van der Waals surface area contributed by atoms with Crippen LogP contribution in [0.1, 0.15) is 24.8 Å². The highest BCUT2D eigenvalue weighted by Gasteiger charge is 2.33. The Balaban J connectivity index is 1.37. The van der Waals surface area contributed by atoms with Crippen LogP contribution >= 0.6 is 0 Å². The van der Waals surface area contributed by atoms with Crippen LogP contribution in [0, 0.1) is 11.8 Å². The molecule has 1 unspecified atom stereocenters. The summed E-state index contributed by atoms with van der Waals surface area (Å²) in [6.45, 7) is 4.71. The minimum absolute atomic E-state index is 0.672. The summed E-state index contributed by atoms with van der Waals surface area (Å²) in [6, 6.07) is 8.62. The summed E-state index contributed by atoms with van der Waals surface area (Å²) in [5, 5.41) is 1.36. The van der Waals surface area contributed by atoms with Crippen LogP contribution < -0.4 is 0 Å². The van der Waals surface area contributed by atoms with Gasteiger partial charge in [-0.15, -0.1) is 0 Å². The van der Waals surface area contributed by atoms with Gasteiger partial charge in [-0.2, -0.15) is 0 Å². The first-order valence-corrected chi connectivity index (χ1v) is 11.5. The smallest absolute Gasteiger partial charge is 0.211 e. The first-order chi connectivity index (χ1) is 12.4. The Morgan fingerprint density at radius 2 is 1.73 bits per heavy atom. The summed E-state index contributed by atoms with van der Waals surface area (Å²) in [5.74, 6) is 1.39. The molecule has 5 nitrogen and oxygen atoms in total. The van der Waals surface area contributed by atoms with Gasteiger partial charge in [-0.3, -0.25) is 4.90 Å². The third-order valence-electron chi connectivity index (χ3n) is 6.32. The highest BCUT2D eigenvalue weighted by Crippen LogP contribution is 2.33. The molecule has 2 aliphatic rings. The number of hydrogen-bond donors (Lipinski definition) is 0. The van der Waals surface area contributed by atoms with E-state index in [1.165, 1.54) is 29.1 Å². The fourth-order valence-corrected chi connectivity index (χ4v) is 5.74. The molecule has 2 aliphatic heterocycles. The van der Waals surface area contributed by atoms with E-state index in [2.05, 4.69) is 47.0 Å². The SMILES string of the molecule is Cn1cc(CN2CCC(C3CCN(S(C)(=O)=O)CC3)C2)c2ccccc21. The van der Waals surface area contributed by atoms with E-state index in [9.17, 15) is 8.42 Å². The summed E-state index contributed by atoms with van der Waals surface area (Å²) < 4.78 is 27.3. The maximum atomic E-state index is 11.7. The first kappa shape index (κ1) is 18.0. The van der Waals surface area contributed by atoms with Gasteiger partial charge in [0.2, 0.25) is 10.0 Å². The molecule has 0 spiro atoms. The third kappa shape index (κ3) is 3.55. The number of piperidine rings is 1. The number of sulfonamides is 1. The first-order valence-electron chi connectivity index (χ1n) is 9.62. The Morgan fingerprint density at radius 1 is 1.04 bits per heavy atom. The summed E-state index contributed by atoms with van der Waals surface area (Å²) in [4.78, 5) is 2.58. The van der Waals surface area contributed by atoms with Crippen LogP contribution in [0.2, 0.25) is 0 Å². The topological polar surface area (TPSA) is 45.5 Å². The van der Waals surface area contributed by atoms with Gasteiger partial charge in [0.15, 0.2) is 0 Å². The second kappa shape index (κ2) is 6.98. The molecule has 142 valence electrons. The van der Waals surface area contributed by atoms with Crippen molar-refractivity contribution in [1.82, 2.24) is 13.8 Å². The molecule has 0 aliphatic carbocycles. The average molecular weight is 376 g/mol. The van der Waals surface area contributed by atoms with Crippen LogP contribution in [-0.2, 0) is 23.6 Å². The molecule has 26 heavy (non-hydrogen) atoms. The molecule has 0 radical (unpaired) electrons. The molecule has 2 aromatic rings. The van der Waals surface area contributed by atoms with E-state index in [4.69, 9.17) is 0 Å². The molecule has 2 fully saturated rings. The van der Waals surface area contributed by atoms with Crippen molar-refractivity contribution in [3.05, 3.63) is 36.0 Å². The summed E-state index contributed by atoms with van der Waals surface area (Å²) >= 11 is 0. The normalized spacial score (nSPS) is 23.8. The molecule has 4 rings (SSSR count). The van der Waals surface area contributed by atoms with Crippen molar-refractivity contribution < 1.29 is 8.42 Å². The number of benzene rings is 1. The van der Waals surface area contributed by atoms with Crippen LogP contribution in [0.15, 0.2) is 30.5 Å². The number of hydrogen-bond acceptors (Lipinski definition) is 3. The number of aryl methyl sites for hydroxylation is 1. The average Bonchev–Trinajstić information content (AvgIpc) is 3.20. The second-order valence-corrected chi connectivity index (χ2v) is 10.0. The number of fused-ring (bicyclic) bond motifs is 1. The Bertz CT molecular complexity index is 882. The predicted molar refractivity (Wildman–Crippen MR) is 105 cm³/mol. The lowest BCUT2D eigenvalue weighted by atomic mass is 9.84. The summed E-state index contributed by atoms with van der Waals surface area (Å²) in [7, 11) is -0.903. The minimum atomic E-state index is -3.02. The number of rotatable bonds is 4. The zero-order chi connectivity index (χ0) is 18.3. The van der Waals surface area contributed by atoms with Gasteiger partial charge in [-0.05, 0) is 49.3 Å². The summed E-state index contributed by atoms with van der Waals surface area (Å²) in [6.07, 6.45) is 6.87. The molecule has 1 aromatic carbocycles. The van der Waals surface area contributed by atoms with Gasteiger partial charge >= 0.3 is 0 Å². The van der Waals surface area contributed by atoms with Gasteiger partial charge in [0.05, 0.1) is 6.26 Å². The maximum Gasteiger partial charge on any atom is 0.211 e. The second-order valence-electron chi connectivity index (χ2n) is 8.07. The van der Waals surface area contributed by atoms with E-state index in [0.29, 0.717) is 24.9 Å². The monoisotopic (exact) mass is 375 g/mol. The van der Waals surface area contributed by atoms with E-state index in [1.807, 2.05) is 0 Å². The standard InChI is InChI=1S/C20H29N3O2S/c1-21-13-18(19-5-3-4-6-20(19)21)15-22-10-7-17(14-22)16-8-11-23(12-9-16)26(2,24)25/h3-6,13,16-17H,7-12,14-15H2,1-2H3. The molecule has 1 aromatic heterocycles. The lowest BCUT2D eigenvalue weighted by molar-refractivity contribution is 0.202. The maximum absolute atomic E-state index is 11.7. The van der Waals surface area contributed by atoms with Gasteiger partial charge in [0.1, 0.15) is 0 Å². The van der Waals surface area contributed by atoms with Crippen LogP contribution in [0.5, 0.6) is 0 Å². The zero-order valence-electron chi connectivity index (χ0n) is 15.8. The van der Waals surface area contributed by atoms with E-state index < -0.39 is 10.0 Å². The fraction of sp³-hybridized carbons (Fsp3) is 0.600. The third-order valence-corrected chi connectivity index (χ3v) is 7.62. The lowest BCUT2D eigenvalue weighted by Gasteiger charge is -2.33. The molecule has 0 amide bonds. The van der Waals surface area contributed by atoms with Crippen molar-refractivity contribution in [3.8, 4) is 0 Å². The Kier molecular flexibility index (Phi) is 4.84. The van der Waals surface area contributed by atoms with Crippen molar-refractivity contribution in [2.45, 2.75) is 25.8 Å². The molecular formula is C20H29N3O2S. The highest BCUT2D eigenvalue weighted by molar-refractivity contribution is 7.88. The van der Waals surface area contributed by atoms with Gasteiger partial charge in [-0.1, -0.05) is 18.2 Å². The molecule has 6 heteroatoms. The Morgan fingerprint density at radius 3 is 2.46 bits per heavy atom. The molecule has 1 atom stereocenters. The number of aromatic nitrogens is 1. The van der Waals surface area contributed by atoms with Crippen molar-refractivity contribution in [2.24, 2.45) is 18.9 Å². The van der Waals surface area contributed by atoms with Crippen LogP contribution in [-0.4, -0.2) is 54.6 Å². The van der Waals surface area contributed by atoms with Crippen LogP contribution in [0.3, 0.4) is 0 Å². The van der Waals surface area contributed by atoms with Crippen molar-refractivity contribution in [1.29, 1.82) is 0 Å². The molecule has 0 bridgehead atoms. The molecule has 2 saturated heterocycles. The van der Waals surface area contributed by atoms with Gasteiger partial charge in [-0.25, -0.2) is 12.7 Å².